The van der Waals surface area contributed by atoms with Crippen LogP contribution in [0.1, 0.15) is 16.8 Å². The molecule has 1 fully saturated rings. The molecule has 0 spiro atoms. The monoisotopic (exact) mass is 355 g/mol. The molecular formula is C17H26ClN3OS. The molecule has 0 radical (unpaired) electrons. The molecule has 1 aromatic carbocycles. The van der Waals surface area contributed by atoms with E-state index in [-0.39, 0.29) is 5.91 Å². The standard InChI is InChI=1S/C17H26ClN3OS/c1-19-9-11-21(12-10-19)8-4-7-20(2)17(22)15-13-14(23-3)5-6-16(15)18/h5-6,13H,4,7-12H2,1-3H3. The maximum Gasteiger partial charge on any atom is 0.255 e. The topological polar surface area (TPSA) is 26.8 Å². The van der Waals surface area contributed by atoms with E-state index >= 15 is 0 Å². The van der Waals surface area contributed by atoms with Gasteiger partial charge in [-0.15, -0.1) is 11.8 Å². The van der Waals surface area contributed by atoms with E-state index in [1.54, 1.807) is 22.7 Å². The number of piperazine rings is 1. The Balaban J connectivity index is 1.83. The average Bonchev–Trinajstić information content (AvgIpc) is 2.56. The summed E-state index contributed by atoms with van der Waals surface area (Å²) in [5.74, 6) is 0.00396. The predicted octanol–water partition coefficient (Wildman–Crippen LogP) is 2.77. The van der Waals surface area contributed by atoms with Gasteiger partial charge in [0.2, 0.25) is 0 Å². The highest BCUT2D eigenvalue weighted by atomic mass is 35.5. The van der Waals surface area contributed by atoms with Crippen molar-refractivity contribution >= 4 is 29.3 Å². The van der Waals surface area contributed by atoms with E-state index in [0.717, 1.165) is 50.6 Å². The quantitative estimate of drug-likeness (QED) is 0.733. The summed E-state index contributed by atoms with van der Waals surface area (Å²) < 4.78 is 0. The number of carbonyl (C=O) groups is 1. The molecule has 0 aromatic heterocycles. The minimum absolute atomic E-state index is 0.00396. The van der Waals surface area contributed by atoms with Crippen molar-refractivity contribution in [1.29, 1.82) is 0 Å². The fourth-order valence-electron chi connectivity index (χ4n) is 2.71. The predicted molar refractivity (Wildman–Crippen MR) is 98.7 cm³/mol. The van der Waals surface area contributed by atoms with Gasteiger partial charge in [0.1, 0.15) is 0 Å². The van der Waals surface area contributed by atoms with Crippen LogP contribution in [0.15, 0.2) is 23.1 Å². The number of hydrogen-bond acceptors (Lipinski definition) is 4. The largest absolute Gasteiger partial charge is 0.342 e. The lowest BCUT2D eigenvalue weighted by atomic mass is 10.2. The summed E-state index contributed by atoms with van der Waals surface area (Å²) in [5, 5.41) is 0.527. The van der Waals surface area contributed by atoms with Crippen molar-refractivity contribution in [3.8, 4) is 0 Å². The van der Waals surface area contributed by atoms with Crippen LogP contribution in [0.2, 0.25) is 5.02 Å². The van der Waals surface area contributed by atoms with Crippen molar-refractivity contribution in [2.75, 3.05) is 59.6 Å². The van der Waals surface area contributed by atoms with E-state index in [4.69, 9.17) is 11.6 Å². The Morgan fingerprint density at radius 3 is 2.65 bits per heavy atom. The van der Waals surface area contributed by atoms with Crippen molar-refractivity contribution in [3.05, 3.63) is 28.8 Å². The highest BCUT2D eigenvalue weighted by Crippen LogP contribution is 2.24. The van der Waals surface area contributed by atoms with Crippen molar-refractivity contribution in [3.63, 3.8) is 0 Å². The Bertz CT molecular complexity index is 533. The molecule has 23 heavy (non-hydrogen) atoms. The Kier molecular flexibility index (Phi) is 7.21. The smallest absolute Gasteiger partial charge is 0.255 e. The number of halogens is 1. The van der Waals surface area contributed by atoms with E-state index in [9.17, 15) is 4.79 Å². The summed E-state index contributed by atoms with van der Waals surface area (Å²) in [6.45, 7) is 6.30. The van der Waals surface area contributed by atoms with Gasteiger partial charge in [-0.25, -0.2) is 0 Å². The Morgan fingerprint density at radius 2 is 2.00 bits per heavy atom. The first kappa shape index (κ1) is 18.6. The summed E-state index contributed by atoms with van der Waals surface area (Å²) in [6.07, 6.45) is 2.99. The molecule has 1 amide bonds. The summed E-state index contributed by atoms with van der Waals surface area (Å²) >= 11 is 7.81. The van der Waals surface area contributed by atoms with Crippen LogP contribution < -0.4 is 0 Å². The summed E-state index contributed by atoms with van der Waals surface area (Å²) in [4.78, 5) is 20.2. The highest BCUT2D eigenvalue weighted by molar-refractivity contribution is 7.98. The van der Waals surface area contributed by atoms with E-state index in [2.05, 4.69) is 16.8 Å². The van der Waals surface area contributed by atoms with Crippen molar-refractivity contribution in [2.24, 2.45) is 0 Å². The van der Waals surface area contributed by atoms with Gasteiger partial charge in [0.15, 0.2) is 0 Å². The lowest BCUT2D eigenvalue weighted by Gasteiger charge is -2.32. The van der Waals surface area contributed by atoms with Crippen LogP contribution in [0.4, 0.5) is 0 Å². The van der Waals surface area contributed by atoms with Gasteiger partial charge >= 0.3 is 0 Å². The molecule has 0 bridgehead atoms. The Morgan fingerprint density at radius 1 is 1.30 bits per heavy atom. The first-order chi connectivity index (χ1) is 11.0. The number of amides is 1. The van der Waals surface area contributed by atoms with Gasteiger partial charge in [-0.2, -0.15) is 0 Å². The molecule has 6 heteroatoms. The molecule has 0 atom stereocenters. The number of nitrogens with zero attached hydrogens (tertiary/aromatic N) is 3. The molecular weight excluding hydrogens is 330 g/mol. The molecule has 1 heterocycles. The van der Waals surface area contributed by atoms with Gasteiger partial charge < -0.3 is 14.7 Å². The number of likely N-dealkylation sites (N-methyl/N-ethyl adjacent to an activating group) is 1. The minimum Gasteiger partial charge on any atom is -0.342 e. The third kappa shape index (κ3) is 5.38. The normalized spacial score (nSPS) is 16.5. The van der Waals surface area contributed by atoms with Crippen LogP contribution in [-0.4, -0.2) is 80.2 Å². The second kappa shape index (κ2) is 8.92. The van der Waals surface area contributed by atoms with Gasteiger partial charge in [-0.1, -0.05) is 11.6 Å². The molecule has 0 aliphatic carbocycles. The van der Waals surface area contributed by atoms with Crippen molar-refractivity contribution in [2.45, 2.75) is 11.3 Å². The van der Waals surface area contributed by atoms with Crippen LogP contribution in [0, 0.1) is 0 Å². The van der Waals surface area contributed by atoms with Gasteiger partial charge in [0, 0.05) is 44.7 Å². The summed E-state index contributed by atoms with van der Waals surface area (Å²) in [7, 11) is 4.02. The zero-order chi connectivity index (χ0) is 16.8. The second-order valence-corrected chi connectivity index (χ2v) is 7.36. The summed E-state index contributed by atoms with van der Waals surface area (Å²) in [5.41, 5.74) is 0.598. The molecule has 4 nitrogen and oxygen atoms in total. The molecule has 1 saturated heterocycles. The molecule has 1 aliphatic rings. The van der Waals surface area contributed by atoms with Gasteiger partial charge in [0.25, 0.3) is 5.91 Å². The van der Waals surface area contributed by atoms with E-state index < -0.39 is 0 Å². The zero-order valence-electron chi connectivity index (χ0n) is 14.2. The number of thioether (sulfide) groups is 1. The van der Waals surface area contributed by atoms with Gasteiger partial charge in [0.05, 0.1) is 10.6 Å². The number of rotatable bonds is 6. The fraction of sp³-hybridized carbons (Fsp3) is 0.588. The fourth-order valence-corrected chi connectivity index (χ4v) is 3.34. The van der Waals surface area contributed by atoms with Crippen molar-refractivity contribution < 1.29 is 4.79 Å². The lowest BCUT2D eigenvalue weighted by Crippen LogP contribution is -2.45. The van der Waals surface area contributed by atoms with Gasteiger partial charge in [-0.05, 0) is 44.5 Å². The number of benzene rings is 1. The molecule has 128 valence electrons. The molecule has 0 unspecified atom stereocenters. The summed E-state index contributed by atoms with van der Waals surface area (Å²) in [6, 6.07) is 5.63. The SMILES string of the molecule is CSc1ccc(Cl)c(C(=O)N(C)CCCN2CCN(C)CC2)c1. The van der Waals surface area contributed by atoms with E-state index in [0.29, 0.717) is 10.6 Å². The minimum atomic E-state index is 0.00396. The van der Waals surface area contributed by atoms with Gasteiger partial charge in [-0.3, -0.25) is 4.79 Å². The highest BCUT2D eigenvalue weighted by Gasteiger charge is 2.17. The number of hydrogen-bond donors (Lipinski definition) is 0. The van der Waals surface area contributed by atoms with Crippen LogP contribution in [-0.2, 0) is 0 Å². The molecule has 1 aromatic rings. The third-order valence-corrected chi connectivity index (χ3v) is 5.37. The van der Waals surface area contributed by atoms with Crippen molar-refractivity contribution in [1.82, 2.24) is 14.7 Å². The third-order valence-electron chi connectivity index (χ3n) is 4.31. The van der Waals surface area contributed by atoms with E-state index in [1.165, 1.54) is 0 Å². The van der Waals surface area contributed by atoms with Crippen LogP contribution in [0.3, 0.4) is 0 Å². The molecule has 2 rings (SSSR count). The first-order valence-corrected chi connectivity index (χ1v) is 9.61. The number of carbonyl (C=O) groups excluding carboxylic acids is 1. The van der Waals surface area contributed by atoms with Crippen LogP contribution >= 0.6 is 23.4 Å². The Hall–Kier alpha value is -0.750. The maximum absolute atomic E-state index is 12.6. The zero-order valence-corrected chi connectivity index (χ0v) is 15.8. The maximum atomic E-state index is 12.6. The lowest BCUT2D eigenvalue weighted by molar-refractivity contribution is 0.0783. The molecule has 0 N–H and O–H groups in total. The van der Waals surface area contributed by atoms with E-state index in [1.807, 2.05) is 25.4 Å². The second-order valence-electron chi connectivity index (χ2n) is 6.07. The van der Waals surface area contributed by atoms with Crippen LogP contribution in [0.5, 0.6) is 0 Å². The first-order valence-electron chi connectivity index (χ1n) is 8.01. The molecule has 1 aliphatic heterocycles. The molecule has 0 saturated carbocycles. The van der Waals surface area contributed by atoms with Crippen LogP contribution in [0.25, 0.3) is 0 Å². The average molecular weight is 356 g/mol. The Labute approximate surface area is 148 Å².